The number of hydrogen-bond acceptors (Lipinski definition) is 3. The molecule has 0 aromatic carbocycles. The minimum atomic E-state index is -1.33. The van der Waals surface area contributed by atoms with E-state index >= 15 is 0 Å². The van der Waals surface area contributed by atoms with Crippen LogP contribution in [-0.2, 0) is 8.85 Å². The summed E-state index contributed by atoms with van der Waals surface area (Å²) < 4.78 is 9.63. The third kappa shape index (κ3) is 26.2. The highest BCUT2D eigenvalue weighted by Crippen LogP contribution is 1.77. The third-order valence-corrected chi connectivity index (χ3v) is 1.99. The Hall–Kier alpha value is -0.593. The molecule has 0 atom stereocenters. The Balaban J connectivity index is 0. The molecule has 0 unspecified atom stereocenters. The SMILES string of the molecule is CO[SiH](C)OC.NC(=O)O. The maximum atomic E-state index is 8.78. The molecule has 0 rings (SSSR count). The summed E-state index contributed by atoms with van der Waals surface area (Å²) in [6, 6.07) is 0. The van der Waals surface area contributed by atoms with Crippen molar-refractivity contribution in [2.45, 2.75) is 6.55 Å². The zero-order valence-corrected chi connectivity index (χ0v) is 7.48. The molecule has 0 fully saturated rings. The summed E-state index contributed by atoms with van der Waals surface area (Å²) in [5.41, 5.74) is 4.03. The van der Waals surface area contributed by atoms with Crippen LogP contribution < -0.4 is 5.73 Å². The lowest BCUT2D eigenvalue weighted by atomic mass is 11.3. The summed E-state index contributed by atoms with van der Waals surface area (Å²) in [4.78, 5) is 8.78. The standard InChI is InChI=1S/C3H10O2Si.CH3NO2/c1-4-6(3)5-2;2-1(3)4/h6H,1-3H3;2H2,(H,3,4). The van der Waals surface area contributed by atoms with Gasteiger partial charge in [0.1, 0.15) is 0 Å². The Morgan fingerprint density at radius 1 is 1.50 bits per heavy atom. The van der Waals surface area contributed by atoms with Crippen molar-refractivity contribution in [3.63, 3.8) is 0 Å². The summed E-state index contributed by atoms with van der Waals surface area (Å²) in [6.45, 7) is 1.97. The number of carboxylic acid groups (broad SMARTS) is 1. The van der Waals surface area contributed by atoms with Crippen LogP contribution in [0.5, 0.6) is 0 Å². The van der Waals surface area contributed by atoms with Crippen LogP contribution in [0.25, 0.3) is 0 Å². The van der Waals surface area contributed by atoms with E-state index in [2.05, 4.69) is 5.73 Å². The summed E-state index contributed by atoms with van der Waals surface area (Å²) in [5, 5.41) is 7.19. The van der Waals surface area contributed by atoms with Gasteiger partial charge >= 0.3 is 15.4 Å². The number of nitrogens with two attached hydrogens (primary N) is 1. The molecule has 0 saturated carbocycles. The Labute approximate surface area is 61.6 Å². The van der Waals surface area contributed by atoms with E-state index in [-0.39, 0.29) is 0 Å². The Bertz CT molecular complexity index is 81.3. The van der Waals surface area contributed by atoms with Crippen molar-refractivity contribution in [1.29, 1.82) is 0 Å². The molecule has 6 heteroatoms. The second-order valence-corrected chi connectivity index (χ2v) is 3.46. The molecule has 0 aliphatic rings. The molecule has 0 bridgehead atoms. The lowest BCUT2D eigenvalue weighted by Gasteiger charge is -2.00. The van der Waals surface area contributed by atoms with Crippen molar-refractivity contribution in [2.24, 2.45) is 5.73 Å². The third-order valence-electron chi connectivity index (χ3n) is 0.664. The van der Waals surface area contributed by atoms with Gasteiger partial charge in [-0.2, -0.15) is 0 Å². The number of primary amides is 1. The van der Waals surface area contributed by atoms with E-state index in [0.717, 1.165) is 0 Å². The van der Waals surface area contributed by atoms with Crippen molar-refractivity contribution in [1.82, 2.24) is 0 Å². The van der Waals surface area contributed by atoms with Crippen molar-refractivity contribution in [2.75, 3.05) is 14.2 Å². The van der Waals surface area contributed by atoms with E-state index in [1.54, 1.807) is 14.2 Å². The van der Waals surface area contributed by atoms with Crippen molar-refractivity contribution >= 4 is 15.4 Å². The van der Waals surface area contributed by atoms with E-state index < -0.39 is 15.4 Å². The highest BCUT2D eigenvalue weighted by molar-refractivity contribution is 6.42. The summed E-state index contributed by atoms with van der Waals surface area (Å²) in [7, 11) is 2.17. The molecule has 0 spiro atoms. The first kappa shape index (κ1) is 12.1. The van der Waals surface area contributed by atoms with Gasteiger partial charge in [-0.15, -0.1) is 0 Å². The van der Waals surface area contributed by atoms with Gasteiger partial charge in [-0.3, -0.25) is 0 Å². The van der Waals surface area contributed by atoms with E-state index in [1.165, 1.54) is 0 Å². The maximum absolute atomic E-state index is 8.78. The monoisotopic (exact) mass is 167 g/mol. The van der Waals surface area contributed by atoms with Crippen LogP contribution in [0.15, 0.2) is 0 Å². The smallest absolute Gasteiger partial charge is 0.402 e. The maximum Gasteiger partial charge on any atom is 0.402 e. The number of amides is 1. The second kappa shape index (κ2) is 8.41. The molecular formula is C4H13NO4Si. The van der Waals surface area contributed by atoms with Crippen LogP contribution >= 0.6 is 0 Å². The molecule has 1 amide bonds. The molecule has 0 aliphatic carbocycles. The Morgan fingerprint density at radius 2 is 1.70 bits per heavy atom. The predicted molar refractivity (Wildman–Crippen MR) is 39.2 cm³/mol. The minimum absolute atomic E-state index is 1.16. The van der Waals surface area contributed by atoms with E-state index in [9.17, 15) is 0 Å². The van der Waals surface area contributed by atoms with Crippen LogP contribution in [0.4, 0.5) is 4.79 Å². The van der Waals surface area contributed by atoms with Gasteiger partial charge in [0.05, 0.1) is 0 Å². The van der Waals surface area contributed by atoms with Gasteiger partial charge < -0.3 is 19.7 Å². The molecule has 0 aliphatic heterocycles. The molecule has 0 heterocycles. The number of hydrogen-bond donors (Lipinski definition) is 2. The van der Waals surface area contributed by atoms with Crippen molar-refractivity contribution in [3.05, 3.63) is 0 Å². The average molecular weight is 167 g/mol. The van der Waals surface area contributed by atoms with Crippen LogP contribution in [0.1, 0.15) is 0 Å². The Kier molecular flexibility index (Phi) is 10.2. The van der Waals surface area contributed by atoms with Crippen LogP contribution in [0.3, 0.4) is 0 Å². The first-order valence-electron chi connectivity index (χ1n) is 2.58. The minimum Gasteiger partial charge on any atom is -0.465 e. The average Bonchev–Trinajstić information content (AvgIpc) is 1.85. The van der Waals surface area contributed by atoms with Crippen LogP contribution in [0.2, 0.25) is 6.55 Å². The summed E-state index contributed by atoms with van der Waals surface area (Å²) in [6.07, 6.45) is -1.33. The van der Waals surface area contributed by atoms with Gasteiger partial charge in [0, 0.05) is 14.2 Å². The van der Waals surface area contributed by atoms with Crippen molar-refractivity contribution < 1.29 is 18.8 Å². The molecule has 0 aromatic heterocycles. The summed E-state index contributed by atoms with van der Waals surface area (Å²) in [5.74, 6) is 0. The molecule has 0 aromatic rings. The highest BCUT2D eigenvalue weighted by Gasteiger charge is 1.94. The first-order valence-corrected chi connectivity index (χ1v) is 4.68. The highest BCUT2D eigenvalue weighted by atomic mass is 28.3. The zero-order chi connectivity index (χ0) is 8.57. The molecular weight excluding hydrogens is 154 g/mol. The van der Waals surface area contributed by atoms with E-state index in [0.29, 0.717) is 0 Å². The largest absolute Gasteiger partial charge is 0.465 e. The molecule has 3 N–H and O–H groups in total. The lowest BCUT2D eigenvalue weighted by molar-refractivity contribution is 0.205. The Morgan fingerprint density at radius 3 is 1.70 bits per heavy atom. The molecule has 62 valence electrons. The number of rotatable bonds is 2. The van der Waals surface area contributed by atoms with Gasteiger partial charge in [0.25, 0.3) is 0 Å². The van der Waals surface area contributed by atoms with Gasteiger partial charge in [-0.05, 0) is 6.55 Å². The van der Waals surface area contributed by atoms with Crippen LogP contribution in [-0.4, -0.2) is 34.7 Å². The zero-order valence-electron chi connectivity index (χ0n) is 6.33. The van der Waals surface area contributed by atoms with Crippen LogP contribution in [0, 0.1) is 0 Å². The van der Waals surface area contributed by atoms with Gasteiger partial charge in [-0.1, -0.05) is 0 Å². The van der Waals surface area contributed by atoms with E-state index in [1.807, 2.05) is 6.55 Å². The molecule has 0 saturated heterocycles. The first-order chi connectivity index (χ1) is 4.54. The topological polar surface area (TPSA) is 81.8 Å². The van der Waals surface area contributed by atoms with Gasteiger partial charge in [0.15, 0.2) is 0 Å². The van der Waals surface area contributed by atoms with E-state index in [4.69, 9.17) is 18.8 Å². The molecule has 10 heavy (non-hydrogen) atoms. The van der Waals surface area contributed by atoms with Gasteiger partial charge in [0.2, 0.25) is 0 Å². The normalized spacial score (nSPS) is 8.40. The lowest BCUT2D eigenvalue weighted by Crippen LogP contribution is -2.12. The second-order valence-electron chi connectivity index (χ2n) is 1.38. The fourth-order valence-corrected chi connectivity index (χ4v) is 0.289. The quantitative estimate of drug-likeness (QED) is 0.556. The summed E-state index contributed by atoms with van der Waals surface area (Å²) >= 11 is 0. The predicted octanol–water partition coefficient (Wildman–Crippen LogP) is -0.247. The molecule has 0 radical (unpaired) electrons. The number of carbonyl (C=O) groups is 1. The van der Waals surface area contributed by atoms with Gasteiger partial charge in [-0.25, -0.2) is 4.79 Å². The molecule has 5 nitrogen and oxygen atoms in total. The van der Waals surface area contributed by atoms with Crippen molar-refractivity contribution in [3.8, 4) is 0 Å². The fourth-order valence-electron chi connectivity index (χ4n) is 0.0962. The fraction of sp³-hybridized carbons (Fsp3) is 0.750.